The predicted molar refractivity (Wildman–Crippen MR) is 85.0 cm³/mol. The lowest BCUT2D eigenvalue weighted by molar-refractivity contribution is 0.0906. The molecule has 6 nitrogen and oxygen atoms in total. The average Bonchev–Trinajstić information content (AvgIpc) is 2.55. The maximum atomic E-state index is 11.9. The molecule has 1 aromatic heterocycles. The van der Waals surface area contributed by atoms with Crippen molar-refractivity contribution in [2.24, 2.45) is 0 Å². The molecule has 2 aromatic rings. The molecule has 23 heavy (non-hydrogen) atoms. The van der Waals surface area contributed by atoms with Crippen molar-refractivity contribution in [1.29, 1.82) is 0 Å². The van der Waals surface area contributed by atoms with Crippen LogP contribution in [0.15, 0.2) is 45.8 Å². The van der Waals surface area contributed by atoms with Crippen molar-refractivity contribution in [3.63, 3.8) is 0 Å². The summed E-state index contributed by atoms with van der Waals surface area (Å²) in [6.07, 6.45) is 1.13. The summed E-state index contributed by atoms with van der Waals surface area (Å²) in [7, 11) is 1.53. The van der Waals surface area contributed by atoms with Crippen LogP contribution in [0.4, 0.5) is 0 Å². The number of ether oxygens (including phenoxy) is 2. The Labute approximate surface area is 138 Å². The van der Waals surface area contributed by atoms with Crippen LogP contribution in [0.5, 0.6) is 5.75 Å². The Morgan fingerprint density at radius 2 is 2.04 bits per heavy atom. The van der Waals surface area contributed by atoms with Gasteiger partial charge in [0.25, 0.3) is 5.91 Å². The first-order chi connectivity index (χ1) is 11.1. The first kappa shape index (κ1) is 17.1. The molecule has 0 aliphatic rings. The summed E-state index contributed by atoms with van der Waals surface area (Å²) < 4.78 is 15.4. The van der Waals surface area contributed by atoms with E-state index < -0.39 is 11.3 Å². The van der Waals surface area contributed by atoms with Crippen LogP contribution < -0.4 is 15.5 Å². The van der Waals surface area contributed by atoms with Crippen molar-refractivity contribution in [2.45, 2.75) is 6.61 Å². The summed E-state index contributed by atoms with van der Waals surface area (Å²) in [6, 6.07) is 8.15. The topological polar surface area (TPSA) is 77.8 Å². The molecule has 7 heteroatoms. The van der Waals surface area contributed by atoms with Gasteiger partial charge in [0, 0.05) is 24.7 Å². The zero-order valence-electron chi connectivity index (χ0n) is 12.5. The predicted octanol–water partition coefficient (Wildman–Crippen LogP) is 2.25. The maximum absolute atomic E-state index is 11.9. The van der Waals surface area contributed by atoms with Gasteiger partial charge in [-0.25, -0.2) is 0 Å². The molecule has 0 fully saturated rings. The molecule has 122 valence electrons. The Morgan fingerprint density at radius 3 is 2.70 bits per heavy atom. The fraction of sp³-hybridized carbons (Fsp3) is 0.250. The molecule has 0 atom stereocenters. The summed E-state index contributed by atoms with van der Waals surface area (Å²) in [4.78, 5) is 23.7. The highest BCUT2D eigenvalue weighted by Gasteiger charge is 2.11. The number of amides is 1. The summed E-state index contributed by atoms with van der Waals surface area (Å²) in [5.41, 5.74) is 0.428. The van der Waals surface area contributed by atoms with E-state index in [2.05, 4.69) is 5.32 Å². The van der Waals surface area contributed by atoms with Gasteiger partial charge < -0.3 is 19.2 Å². The van der Waals surface area contributed by atoms with E-state index in [9.17, 15) is 9.59 Å². The lowest BCUT2D eigenvalue weighted by Gasteiger charge is -2.07. The van der Waals surface area contributed by atoms with Gasteiger partial charge in [-0.2, -0.15) is 0 Å². The van der Waals surface area contributed by atoms with Crippen LogP contribution in [-0.2, 0) is 11.3 Å². The lowest BCUT2D eigenvalue weighted by Crippen LogP contribution is -2.27. The molecule has 1 heterocycles. The van der Waals surface area contributed by atoms with E-state index in [1.54, 1.807) is 24.3 Å². The Morgan fingerprint density at radius 1 is 1.30 bits per heavy atom. The van der Waals surface area contributed by atoms with E-state index in [0.29, 0.717) is 18.2 Å². The highest BCUT2D eigenvalue weighted by atomic mass is 35.5. The molecule has 0 aliphatic heterocycles. The molecule has 0 bridgehead atoms. The van der Waals surface area contributed by atoms with Gasteiger partial charge in [0.1, 0.15) is 12.9 Å². The Hall–Kier alpha value is -2.31. The minimum atomic E-state index is -0.483. The smallest absolute Gasteiger partial charge is 0.287 e. The maximum Gasteiger partial charge on any atom is 0.287 e. The average molecular weight is 338 g/mol. The largest absolute Gasteiger partial charge is 0.482 e. The van der Waals surface area contributed by atoms with Crippen LogP contribution in [-0.4, -0.2) is 26.2 Å². The van der Waals surface area contributed by atoms with Crippen LogP contribution >= 0.6 is 11.6 Å². The monoisotopic (exact) mass is 337 g/mol. The summed E-state index contributed by atoms with van der Waals surface area (Å²) in [6.45, 7) is 0.896. The highest BCUT2D eigenvalue weighted by Crippen LogP contribution is 2.12. The molecule has 1 amide bonds. The number of carbonyl (C=O) groups is 1. The van der Waals surface area contributed by atoms with Crippen molar-refractivity contribution in [3.05, 3.63) is 63.2 Å². The van der Waals surface area contributed by atoms with E-state index in [1.807, 2.05) is 0 Å². The van der Waals surface area contributed by atoms with E-state index in [-0.39, 0.29) is 18.1 Å². The van der Waals surface area contributed by atoms with Gasteiger partial charge in [-0.05, 0) is 17.7 Å². The minimum Gasteiger partial charge on any atom is -0.482 e. The van der Waals surface area contributed by atoms with Crippen LogP contribution in [0.2, 0.25) is 5.02 Å². The normalized spacial score (nSPS) is 10.3. The number of hydrogen-bond acceptors (Lipinski definition) is 5. The number of benzene rings is 1. The first-order valence-electron chi connectivity index (χ1n) is 6.87. The Bertz CT molecular complexity index is 711. The second-order valence-electron chi connectivity index (χ2n) is 4.64. The minimum absolute atomic E-state index is 0.0355. The van der Waals surface area contributed by atoms with Gasteiger partial charge in [0.05, 0.1) is 6.61 Å². The summed E-state index contributed by atoms with van der Waals surface area (Å²) in [5, 5.41) is 3.18. The molecular weight excluding hydrogens is 322 g/mol. The molecule has 1 N–H and O–H groups in total. The molecule has 1 aromatic carbocycles. The van der Waals surface area contributed by atoms with Crippen LogP contribution in [0.25, 0.3) is 0 Å². The van der Waals surface area contributed by atoms with Crippen LogP contribution in [0, 0.1) is 0 Å². The van der Waals surface area contributed by atoms with E-state index >= 15 is 0 Å². The number of nitrogens with one attached hydrogen (secondary N) is 1. The van der Waals surface area contributed by atoms with E-state index in [1.165, 1.54) is 7.11 Å². The lowest BCUT2D eigenvalue weighted by atomic mass is 10.2. The van der Waals surface area contributed by atoms with Gasteiger partial charge in [0.2, 0.25) is 11.2 Å². The van der Waals surface area contributed by atoms with Gasteiger partial charge in [-0.3, -0.25) is 9.59 Å². The second kappa shape index (κ2) is 8.36. The number of rotatable bonds is 7. The molecule has 0 saturated heterocycles. The Balaban J connectivity index is 1.97. The summed E-state index contributed by atoms with van der Waals surface area (Å²) in [5.74, 6) is -0.526. The third-order valence-electron chi connectivity index (χ3n) is 2.92. The fourth-order valence-electron chi connectivity index (χ4n) is 1.72. The van der Waals surface area contributed by atoms with Crippen molar-refractivity contribution in [3.8, 4) is 5.75 Å². The summed E-state index contributed by atoms with van der Waals surface area (Å²) >= 11 is 5.80. The molecule has 0 spiro atoms. The Kier molecular flexibility index (Phi) is 6.19. The third kappa shape index (κ3) is 5.12. The van der Waals surface area contributed by atoms with Crippen molar-refractivity contribution in [2.75, 3.05) is 20.3 Å². The quantitative estimate of drug-likeness (QED) is 0.784. The number of hydrogen-bond donors (Lipinski definition) is 1. The zero-order valence-corrected chi connectivity index (χ0v) is 13.3. The molecule has 0 aliphatic carbocycles. The number of carbonyl (C=O) groups excluding carboxylic acids is 1. The van der Waals surface area contributed by atoms with E-state index in [0.717, 1.165) is 17.9 Å². The van der Waals surface area contributed by atoms with Gasteiger partial charge in [-0.15, -0.1) is 0 Å². The van der Waals surface area contributed by atoms with Crippen LogP contribution in [0.3, 0.4) is 0 Å². The molecular formula is C16H16ClNO5. The number of halogens is 1. The zero-order chi connectivity index (χ0) is 16.7. The molecule has 0 unspecified atom stereocenters. The first-order valence-corrected chi connectivity index (χ1v) is 7.25. The standard InChI is InChI=1S/C16H16ClNO5/c1-21-7-6-18-16(20)14-8-13(19)15(10-23-14)22-9-11-2-4-12(17)5-3-11/h2-5,8,10H,6-7,9H2,1H3,(H,18,20). The molecule has 2 rings (SSSR count). The van der Waals surface area contributed by atoms with Crippen molar-refractivity contribution in [1.82, 2.24) is 5.32 Å². The van der Waals surface area contributed by atoms with Gasteiger partial charge in [-0.1, -0.05) is 23.7 Å². The fourth-order valence-corrected chi connectivity index (χ4v) is 1.84. The van der Waals surface area contributed by atoms with E-state index in [4.69, 9.17) is 25.5 Å². The van der Waals surface area contributed by atoms with Gasteiger partial charge in [0.15, 0.2) is 5.76 Å². The molecule has 0 saturated carbocycles. The number of methoxy groups -OCH3 is 1. The van der Waals surface area contributed by atoms with Gasteiger partial charge >= 0.3 is 0 Å². The second-order valence-corrected chi connectivity index (χ2v) is 5.07. The van der Waals surface area contributed by atoms with Crippen molar-refractivity contribution >= 4 is 17.5 Å². The van der Waals surface area contributed by atoms with Crippen LogP contribution in [0.1, 0.15) is 16.1 Å². The van der Waals surface area contributed by atoms with Crippen molar-refractivity contribution < 1.29 is 18.7 Å². The third-order valence-corrected chi connectivity index (χ3v) is 3.17. The highest BCUT2D eigenvalue weighted by molar-refractivity contribution is 6.30. The molecule has 0 radical (unpaired) electrons. The SMILES string of the molecule is COCCNC(=O)c1cc(=O)c(OCc2ccc(Cl)cc2)co1.